The third-order valence-electron chi connectivity index (χ3n) is 3.28. The molecule has 0 radical (unpaired) electrons. The van der Waals surface area contributed by atoms with Gasteiger partial charge in [-0.15, -0.1) is 12.4 Å². The van der Waals surface area contributed by atoms with E-state index in [0.29, 0.717) is 16.6 Å². The number of hydrogen-bond donors (Lipinski definition) is 1. The standard InChI is InChI=1S/C18H15Cl2NO.ClH/c19-15-8-14(9-16(20)10-15)18-7-6-17(22-18)12-21-11-13-4-2-1-3-5-13;/h1-10,21H,11-12H2;1H. The summed E-state index contributed by atoms with van der Waals surface area (Å²) in [6, 6.07) is 19.5. The van der Waals surface area contributed by atoms with Crippen molar-refractivity contribution in [2.75, 3.05) is 0 Å². The number of hydrogen-bond acceptors (Lipinski definition) is 2. The van der Waals surface area contributed by atoms with Crippen LogP contribution in [0.2, 0.25) is 10.0 Å². The quantitative estimate of drug-likeness (QED) is 0.600. The summed E-state index contributed by atoms with van der Waals surface area (Å²) in [6.07, 6.45) is 0. The second-order valence-corrected chi connectivity index (χ2v) is 5.89. The molecule has 23 heavy (non-hydrogen) atoms. The van der Waals surface area contributed by atoms with E-state index in [1.807, 2.05) is 42.5 Å². The van der Waals surface area contributed by atoms with Gasteiger partial charge >= 0.3 is 0 Å². The number of halogens is 3. The molecule has 2 nitrogen and oxygen atoms in total. The van der Waals surface area contributed by atoms with Gasteiger partial charge in [0.05, 0.1) is 6.54 Å². The predicted octanol–water partition coefficient (Wildman–Crippen LogP) is 5.97. The third-order valence-corrected chi connectivity index (χ3v) is 3.72. The lowest BCUT2D eigenvalue weighted by atomic mass is 10.2. The maximum absolute atomic E-state index is 6.02. The molecule has 0 aliphatic carbocycles. The molecule has 0 aliphatic rings. The van der Waals surface area contributed by atoms with Crippen LogP contribution in [0.15, 0.2) is 65.1 Å². The molecule has 120 valence electrons. The Balaban J connectivity index is 0.00000192. The van der Waals surface area contributed by atoms with E-state index in [0.717, 1.165) is 23.6 Å². The summed E-state index contributed by atoms with van der Waals surface area (Å²) in [5.41, 5.74) is 2.13. The zero-order valence-corrected chi connectivity index (χ0v) is 14.6. The minimum atomic E-state index is 0. The van der Waals surface area contributed by atoms with E-state index >= 15 is 0 Å². The van der Waals surface area contributed by atoms with Crippen molar-refractivity contribution in [1.29, 1.82) is 0 Å². The zero-order valence-electron chi connectivity index (χ0n) is 12.3. The Kier molecular flexibility index (Phi) is 6.55. The summed E-state index contributed by atoms with van der Waals surface area (Å²) < 4.78 is 5.84. The molecule has 1 heterocycles. The zero-order chi connectivity index (χ0) is 15.4. The Morgan fingerprint density at radius 2 is 1.52 bits per heavy atom. The van der Waals surface area contributed by atoms with Crippen LogP contribution in [0.5, 0.6) is 0 Å². The molecular formula is C18H16Cl3NO. The second kappa shape index (κ2) is 8.42. The summed E-state index contributed by atoms with van der Waals surface area (Å²) in [6.45, 7) is 1.48. The van der Waals surface area contributed by atoms with Gasteiger partial charge in [0.25, 0.3) is 0 Å². The van der Waals surface area contributed by atoms with Crippen LogP contribution in [0.1, 0.15) is 11.3 Å². The highest BCUT2D eigenvalue weighted by molar-refractivity contribution is 6.35. The summed E-state index contributed by atoms with van der Waals surface area (Å²) in [5, 5.41) is 4.56. The highest BCUT2D eigenvalue weighted by Crippen LogP contribution is 2.28. The summed E-state index contributed by atoms with van der Waals surface area (Å²) >= 11 is 12.0. The van der Waals surface area contributed by atoms with Crippen molar-refractivity contribution < 1.29 is 4.42 Å². The first-order chi connectivity index (χ1) is 10.7. The average molecular weight is 369 g/mol. The van der Waals surface area contributed by atoms with Gasteiger partial charge in [-0.05, 0) is 35.9 Å². The third kappa shape index (κ3) is 5.02. The van der Waals surface area contributed by atoms with Crippen LogP contribution in [-0.4, -0.2) is 0 Å². The fraction of sp³-hybridized carbons (Fsp3) is 0.111. The topological polar surface area (TPSA) is 25.2 Å². The van der Waals surface area contributed by atoms with Crippen molar-refractivity contribution in [3.63, 3.8) is 0 Å². The molecular weight excluding hydrogens is 353 g/mol. The normalized spacial score (nSPS) is 10.3. The molecule has 3 rings (SSSR count). The first kappa shape index (κ1) is 17.9. The number of furan rings is 1. The van der Waals surface area contributed by atoms with Crippen molar-refractivity contribution in [1.82, 2.24) is 5.32 Å². The first-order valence-electron chi connectivity index (χ1n) is 7.00. The van der Waals surface area contributed by atoms with Crippen LogP contribution in [0.25, 0.3) is 11.3 Å². The van der Waals surface area contributed by atoms with E-state index < -0.39 is 0 Å². The van der Waals surface area contributed by atoms with Crippen molar-refractivity contribution in [2.45, 2.75) is 13.1 Å². The Hall–Kier alpha value is -1.45. The van der Waals surface area contributed by atoms with Crippen LogP contribution in [0.3, 0.4) is 0 Å². The van der Waals surface area contributed by atoms with Crippen molar-refractivity contribution in [2.24, 2.45) is 0 Å². The van der Waals surface area contributed by atoms with E-state index in [4.69, 9.17) is 27.6 Å². The van der Waals surface area contributed by atoms with Gasteiger partial charge in [-0.25, -0.2) is 0 Å². The molecule has 0 spiro atoms. The maximum atomic E-state index is 6.02. The van der Waals surface area contributed by atoms with Gasteiger partial charge in [-0.2, -0.15) is 0 Å². The SMILES string of the molecule is Cl.Clc1cc(Cl)cc(-c2ccc(CNCc3ccccc3)o2)c1. The van der Waals surface area contributed by atoms with Crippen molar-refractivity contribution in [3.05, 3.63) is 82.0 Å². The van der Waals surface area contributed by atoms with E-state index in [-0.39, 0.29) is 12.4 Å². The summed E-state index contributed by atoms with van der Waals surface area (Å²) in [5.74, 6) is 1.64. The van der Waals surface area contributed by atoms with Gasteiger partial charge in [0.15, 0.2) is 0 Å². The van der Waals surface area contributed by atoms with Crippen molar-refractivity contribution in [3.8, 4) is 11.3 Å². The highest BCUT2D eigenvalue weighted by Gasteiger charge is 2.07. The Morgan fingerprint density at radius 1 is 0.826 bits per heavy atom. The highest BCUT2D eigenvalue weighted by atomic mass is 35.5. The number of benzene rings is 2. The monoisotopic (exact) mass is 367 g/mol. The molecule has 0 atom stereocenters. The minimum absolute atomic E-state index is 0. The molecule has 0 bridgehead atoms. The Morgan fingerprint density at radius 3 is 2.22 bits per heavy atom. The maximum Gasteiger partial charge on any atom is 0.134 e. The minimum Gasteiger partial charge on any atom is -0.460 e. The molecule has 0 fully saturated rings. The van der Waals surface area contributed by atoms with Gasteiger partial charge in [-0.3, -0.25) is 0 Å². The van der Waals surface area contributed by atoms with Crippen molar-refractivity contribution >= 4 is 35.6 Å². The van der Waals surface area contributed by atoms with Gasteiger partial charge in [0.2, 0.25) is 0 Å². The summed E-state index contributed by atoms with van der Waals surface area (Å²) in [4.78, 5) is 0. The number of nitrogens with one attached hydrogen (secondary N) is 1. The van der Waals surface area contributed by atoms with E-state index in [2.05, 4.69) is 17.4 Å². The Bertz CT molecular complexity index is 736. The Labute approximate surface area is 151 Å². The van der Waals surface area contributed by atoms with Crippen LogP contribution in [-0.2, 0) is 13.1 Å². The summed E-state index contributed by atoms with van der Waals surface area (Å²) in [7, 11) is 0. The predicted molar refractivity (Wildman–Crippen MR) is 98.4 cm³/mol. The van der Waals surface area contributed by atoms with E-state index in [1.165, 1.54) is 5.56 Å². The number of rotatable bonds is 5. The molecule has 5 heteroatoms. The van der Waals surface area contributed by atoms with E-state index in [9.17, 15) is 0 Å². The van der Waals surface area contributed by atoms with E-state index in [1.54, 1.807) is 6.07 Å². The molecule has 0 amide bonds. The fourth-order valence-electron chi connectivity index (χ4n) is 2.25. The second-order valence-electron chi connectivity index (χ2n) is 5.01. The van der Waals surface area contributed by atoms with Crippen LogP contribution in [0, 0.1) is 0 Å². The van der Waals surface area contributed by atoms with Gasteiger partial charge in [-0.1, -0.05) is 53.5 Å². The molecule has 0 unspecified atom stereocenters. The van der Waals surface area contributed by atoms with Crippen LogP contribution in [0.4, 0.5) is 0 Å². The largest absolute Gasteiger partial charge is 0.460 e. The van der Waals surface area contributed by atoms with Crippen LogP contribution < -0.4 is 5.32 Å². The molecule has 3 aromatic rings. The van der Waals surface area contributed by atoms with Gasteiger partial charge < -0.3 is 9.73 Å². The van der Waals surface area contributed by atoms with Gasteiger partial charge in [0.1, 0.15) is 11.5 Å². The average Bonchev–Trinajstić information content (AvgIpc) is 2.96. The molecule has 0 saturated carbocycles. The molecule has 2 aromatic carbocycles. The molecule has 0 saturated heterocycles. The smallest absolute Gasteiger partial charge is 0.134 e. The molecule has 0 aliphatic heterocycles. The lowest BCUT2D eigenvalue weighted by Crippen LogP contribution is -2.11. The molecule has 1 N–H and O–H groups in total. The molecule has 1 aromatic heterocycles. The lowest BCUT2D eigenvalue weighted by molar-refractivity contribution is 0.493. The van der Waals surface area contributed by atoms with Crippen LogP contribution >= 0.6 is 35.6 Å². The van der Waals surface area contributed by atoms with Gasteiger partial charge in [0, 0.05) is 22.2 Å². The lowest BCUT2D eigenvalue weighted by Gasteiger charge is -2.03. The fourth-order valence-corrected chi connectivity index (χ4v) is 2.78. The first-order valence-corrected chi connectivity index (χ1v) is 7.76.